The lowest BCUT2D eigenvalue weighted by Gasteiger charge is -2.24. The summed E-state index contributed by atoms with van der Waals surface area (Å²) in [6.07, 6.45) is -1.07. The van der Waals surface area contributed by atoms with Gasteiger partial charge in [0.05, 0.1) is 10.6 Å². The molecule has 4 N–H and O–H groups in total. The molecule has 11 heteroatoms. The maximum absolute atomic E-state index is 12.1. The highest BCUT2D eigenvalue weighted by Crippen LogP contribution is 2.38. The van der Waals surface area contributed by atoms with E-state index < -0.39 is 30.4 Å². The first-order valence-corrected chi connectivity index (χ1v) is 10.5. The number of nitrogens with zero attached hydrogens (tertiary/aromatic N) is 1. The van der Waals surface area contributed by atoms with Gasteiger partial charge in [-0.05, 0) is 57.2 Å². The normalized spacial score (nSPS) is 12.6. The second-order valence-electron chi connectivity index (χ2n) is 7.88. The molecular weight excluding hydrogens is 473 g/mol. The molecule has 0 amide bonds. The fourth-order valence-corrected chi connectivity index (χ4v) is 3.28. The minimum absolute atomic E-state index is 0.0578. The maximum atomic E-state index is 12.1. The third-order valence-corrected chi connectivity index (χ3v) is 4.44. The number of oxime groups is 1. The van der Waals surface area contributed by atoms with Crippen LogP contribution in [-0.4, -0.2) is 35.2 Å². The van der Waals surface area contributed by atoms with Gasteiger partial charge in [-0.3, -0.25) is 4.79 Å². The minimum Gasteiger partial charge on any atom is -0.480 e. The van der Waals surface area contributed by atoms with Crippen LogP contribution in [-0.2, 0) is 19.1 Å². The van der Waals surface area contributed by atoms with Gasteiger partial charge in [-0.15, -0.1) is 0 Å². The summed E-state index contributed by atoms with van der Waals surface area (Å²) in [5.41, 5.74) is 6.19. The van der Waals surface area contributed by atoms with Crippen molar-refractivity contribution in [3.8, 4) is 5.75 Å². The summed E-state index contributed by atoms with van der Waals surface area (Å²) < 4.78 is 16.3. The fourth-order valence-electron chi connectivity index (χ4n) is 2.71. The van der Waals surface area contributed by atoms with Crippen molar-refractivity contribution in [2.45, 2.75) is 39.5 Å². The number of carbonyl (C=O) groups excluding carboxylic acids is 2. The Kier molecular flexibility index (Phi) is 8.78. The number of ether oxygens (including phenoxy) is 3. The molecule has 1 atom stereocenters. The Hall–Kier alpha value is -3.17. The van der Waals surface area contributed by atoms with Gasteiger partial charge in [0.15, 0.2) is 12.4 Å². The number of amidine groups is 1. The lowest BCUT2D eigenvalue weighted by molar-refractivity contribution is -0.157. The van der Waals surface area contributed by atoms with Gasteiger partial charge in [0, 0.05) is 23.2 Å². The average Bonchev–Trinajstić information content (AvgIpc) is 2.70. The summed E-state index contributed by atoms with van der Waals surface area (Å²) in [4.78, 5) is 23.9. The molecule has 0 heterocycles. The molecule has 0 spiro atoms. The Morgan fingerprint density at radius 3 is 2.36 bits per heavy atom. The molecule has 1 unspecified atom stereocenters. The highest BCUT2D eigenvalue weighted by Gasteiger charge is 2.24. The topological polar surface area (TPSA) is 132 Å². The van der Waals surface area contributed by atoms with Crippen LogP contribution in [0.1, 0.15) is 45.0 Å². The van der Waals surface area contributed by atoms with E-state index in [-0.39, 0.29) is 27.2 Å². The van der Waals surface area contributed by atoms with Gasteiger partial charge in [-0.1, -0.05) is 28.4 Å². The van der Waals surface area contributed by atoms with E-state index in [1.54, 1.807) is 45.0 Å². The number of rotatable bonds is 8. The molecule has 9 nitrogen and oxygen atoms in total. The average molecular weight is 498 g/mol. The Morgan fingerprint density at radius 1 is 1.18 bits per heavy atom. The van der Waals surface area contributed by atoms with Crippen LogP contribution < -0.4 is 15.8 Å². The van der Waals surface area contributed by atoms with Crippen molar-refractivity contribution in [2.75, 3.05) is 11.9 Å². The molecule has 33 heavy (non-hydrogen) atoms. The van der Waals surface area contributed by atoms with Crippen molar-refractivity contribution in [3.63, 3.8) is 0 Å². The van der Waals surface area contributed by atoms with Crippen LogP contribution in [0.25, 0.3) is 0 Å². The van der Waals surface area contributed by atoms with Gasteiger partial charge in [0.2, 0.25) is 6.23 Å². The maximum Gasteiger partial charge on any atom is 0.344 e. The lowest BCUT2D eigenvalue weighted by atomic mass is 10.1. The van der Waals surface area contributed by atoms with E-state index >= 15 is 0 Å². The second-order valence-corrected chi connectivity index (χ2v) is 8.72. The zero-order chi connectivity index (χ0) is 24.8. The van der Waals surface area contributed by atoms with E-state index in [9.17, 15) is 9.59 Å². The molecule has 0 fully saturated rings. The molecule has 0 aliphatic heterocycles. The second kappa shape index (κ2) is 11.1. The van der Waals surface area contributed by atoms with Crippen LogP contribution in [0.4, 0.5) is 5.69 Å². The number of nitrogens with one attached hydrogen (secondary N) is 1. The van der Waals surface area contributed by atoms with Crippen molar-refractivity contribution in [3.05, 3.63) is 57.6 Å². The minimum atomic E-state index is -1.07. The zero-order valence-corrected chi connectivity index (χ0v) is 20.0. The van der Waals surface area contributed by atoms with Crippen LogP contribution in [0.5, 0.6) is 5.75 Å². The first-order valence-electron chi connectivity index (χ1n) is 9.75. The molecule has 0 aromatic heterocycles. The Balaban J connectivity index is 2.36. The number of halogens is 2. The predicted octanol–water partition coefficient (Wildman–Crippen LogP) is 4.48. The van der Waals surface area contributed by atoms with Crippen molar-refractivity contribution >= 4 is 46.7 Å². The molecule has 2 aromatic carbocycles. The highest BCUT2D eigenvalue weighted by atomic mass is 35.5. The first kappa shape index (κ1) is 26.1. The van der Waals surface area contributed by atoms with Crippen molar-refractivity contribution in [1.82, 2.24) is 0 Å². The number of hydrogen-bond acceptors (Lipinski definition) is 8. The van der Waals surface area contributed by atoms with E-state index in [1.165, 1.54) is 19.1 Å². The van der Waals surface area contributed by atoms with Crippen molar-refractivity contribution in [1.29, 1.82) is 0 Å². The summed E-state index contributed by atoms with van der Waals surface area (Å²) in [6.45, 7) is 6.02. The molecule has 2 aromatic rings. The van der Waals surface area contributed by atoms with Gasteiger partial charge in [0.25, 0.3) is 0 Å². The molecule has 0 aliphatic rings. The smallest absolute Gasteiger partial charge is 0.344 e. The molecule has 178 valence electrons. The third kappa shape index (κ3) is 8.03. The van der Waals surface area contributed by atoms with Gasteiger partial charge >= 0.3 is 11.9 Å². The molecule has 2 rings (SSSR count). The van der Waals surface area contributed by atoms with E-state index in [0.717, 1.165) is 0 Å². The van der Waals surface area contributed by atoms with E-state index in [2.05, 4.69) is 10.5 Å². The molecule has 0 aliphatic carbocycles. The summed E-state index contributed by atoms with van der Waals surface area (Å²) in [5, 5.41) is 15.2. The van der Waals surface area contributed by atoms with Crippen LogP contribution in [0, 0.1) is 0 Å². The number of nitrogens with two attached hydrogens (primary N) is 1. The van der Waals surface area contributed by atoms with Gasteiger partial charge in [-0.2, -0.15) is 0 Å². The molecule has 0 saturated carbocycles. The largest absolute Gasteiger partial charge is 0.480 e. The van der Waals surface area contributed by atoms with Crippen molar-refractivity contribution < 1.29 is 29.0 Å². The van der Waals surface area contributed by atoms with E-state index in [4.69, 9.17) is 48.4 Å². The third-order valence-electron chi connectivity index (χ3n) is 3.94. The monoisotopic (exact) mass is 497 g/mol. The number of esters is 2. The SMILES string of the molecule is CC(=O)OC(Nc1ccc(C(N)=NO)cc1)c1cc(Cl)cc(Cl)c1OCC(=O)OC(C)(C)C. The summed E-state index contributed by atoms with van der Waals surface area (Å²) >= 11 is 12.5. The van der Waals surface area contributed by atoms with Crippen molar-refractivity contribution in [2.24, 2.45) is 10.9 Å². The zero-order valence-electron chi connectivity index (χ0n) is 18.5. The summed E-state index contributed by atoms with van der Waals surface area (Å²) in [5.74, 6) is -1.15. The van der Waals surface area contributed by atoms with Gasteiger partial charge < -0.3 is 30.5 Å². The Labute approximate surface area is 201 Å². The van der Waals surface area contributed by atoms with E-state index in [0.29, 0.717) is 11.3 Å². The van der Waals surface area contributed by atoms with Crippen LogP contribution in [0.3, 0.4) is 0 Å². The number of carbonyl (C=O) groups is 2. The molecule has 0 saturated heterocycles. The highest BCUT2D eigenvalue weighted by molar-refractivity contribution is 6.35. The predicted molar refractivity (Wildman–Crippen MR) is 125 cm³/mol. The number of benzene rings is 2. The molecule has 0 radical (unpaired) electrons. The Bertz CT molecular complexity index is 1040. The summed E-state index contributed by atoms with van der Waals surface area (Å²) in [7, 11) is 0. The Morgan fingerprint density at radius 2 is 1.82 bits per heavy atom. The van der Waals surface area contributed by atoms with Crippen LogP contribution >= 0.6 is 23.2 Å². The van der Waals surface area contributed by atoms with Crippen LogP contribution in [0.15, 0.2) is 41.6 Å². The van der Waals surface area contributed by atoms with E-state index in [1.807, 2.05) is 0 Å². The standard InChI is InChI=1S/C22H25Cl2N3O6/c1-12(28)32-21(26-15-7-5-13(6-8-15)20(25)27-30)16-9-14(23)10-17(24)19(16)31-11-18(29)33-22(2,3)4/h5-10,21,26,30H,11H2,1-4H3,(H2,25,27). The number of hydrogen-bond donors (Lipinski definition) is 3. The number of anilines is 1. The van der Waals surface area contributed by atoms with Gasteiger partial charge in [-0.25, -0.2) is 4.79 Å². The van der Waals surface area contributed by atoms with Crippen LogP contribution in [0.2, 0.25) is 10.0 Å². The lowest BCUT2D eigenvalue weighted by Crippen LogP contribution is -2.28. The molecular formula is C22H25Cl2N3O6. The fraction of sp³-hybridized carbons (Fsp3) is 0.318. The molecule has 0 bridgehead atoms. The first-order chi connectivity index (χ1) is 15.4. The summed E-state index contributed by atoms with van der Waals surface area (Å²) in [6, 6.07) is 9.42. The quantitative estimate of drug-likeness (QED) is 0.121. The van der Waals surface area contributed by atoms with Gasteiger partial charge in [0.1, 0.15) is 11.4 Å².